The maximum Gasteiger partial charge on any atom is 0.329 e. The van der Waals surface area contributed by atoms with E-state index in [1.165, 1.54) is 12.1 Å². The summed E-state index contributed by atoms with van der Waals surface area (Å²) in [6.07, 6.45) is 6.95. The third-order valence-corrected chi connectivity index (χ3v) is 10.7. The number of nitrogens with one attached hydrogen (secondary N) is 3. The van der Waals surface area contributed by atoms with E-state index >= 15 is 0 Å². The molecule has 0 bridgehead atoms. The number of nitrogens with zero attached hydrogens (tertiary/aromatic N) is 1. The number of hydrogen-bond acceptors (Lipinski definition) is 6. The number of aromatic nitrogens is 1. The van der Waals surface area contributed by atoms with Crippen molar-refractivity contribution < 1.29 is 43.4 Å². The quantitative estimate of drug-likeness (QED) is 0.102. The van der Waals surface area contributed by atoms with Gasteiger partial charge in [0.05, 0.1) is 12.6 Å². The Morgan fingerprint density at radius 3 is 2.37 bits per heavy atom. The molecule has 1 saturated carbocycles. The number of fused-ring (bicyclic) bond motifs is 1. The molecule has 3 aromatic rings. The smallest absolute Gasteiger partial charge is 0.329 e. The van der Waals surface area contributed by atoms with Crippen molar-refractivity contribution in [2.45, 2.75) is 82.1 Å². The summed E-state index contributed by atoms with van der Waals surface area (Å²) in [5, 5.41) is 19.9. The number of nitrogens with two attached hydrogens (primary N) is 1. The van der Waals surface area contributed by atoms with Gasteiger partial charge in [-0.15, -0.1) is 0 Å². The van der Waals surface area contributed by atoms with Crippen LogP contribution in [-0.2, 0) is 41.2 Å². The Labute approximate surface area is 301 Å². The van der Waals surface area contributed by atoms with Gasteiger partial charge in [0.1, 0.15) is 17.5 Å². The number of primary amides is 1. The van der Waals surface area contributed by atoms with Crippen molar-refractivity contribution in [3.8, 4) is 0 Å². The number of amides is 4. The van der Waals surface area contributed by atoms with E-state index in [2.05, 4.69) is 22.0 Å². The van der Waals surface area contributed by atoms with Crippen LogP contribution in [-0.4, -0.2) is 67.2 Å². The molecular weight excluding hydrogens is 689 g/mol. The van der Waals surface area contributed by atoms with E-state index in [9.17, 15) is 43.4 Å². The second-order valence-corrected chi connectivity index (χ2v) is 15.7. The summed E-state index contributed by atoms with van der Waals surface area (Å²) in [5.74, 6) is -7.47. The van der Waals surface area contributed by atoms with Crippen LogP contribution in [0, 0.1) is 18.8 Å². The average Bonchev–Trinajstić information content (AvgIpc) is 3.46. The summed E-state index contributed by atoms with van der Waals surface area (Å²) in [6.45, 7) is 2.57. The first-order valence-corrected chi connectivity index (χ1v) is 19.2. The third kappa shape index (κ3) is 9.55. The van der Waals surface area contributed by atoms with Crippen molar-refractivity contribution in [1.82, 2.24) is 20.5 Å². The summed E-state index contributed by atoms with van der Waals surface area (Å²) in [4.78, 5) is 85.7. The molecule has 4 atom stereocenters. The Balaban J connectivity index is 1.57. The Morgan fingerprint density at radius 1 is 1.00 bits per heavy atom. The summed E-state index contributed by atoms with van der Waals surface area (Å²) in [5.41, 5.74) is 6.78. The molecule has 0 radical (unpaired) electrons. The van der Waals surface area contributed by atoms with E-state index in [0.717, 1.165) is 22.9 Å². The molecule has 2 aliphatic rings. The van der Waals surface area contributed by atoms with Crippen LogP contribution in [0.3, 0.4) is 0 Å². The zero-order valence-corrected chi connectivity index (χ0v) is 29.9. The molecule has 1 aliphatic carbocycles. The Bertz CT molecular complexity index is 1890. The van der Waals surface area contributed by atoms with Crippen molar-refractivity contribution in [3.63, 3.8) is 0 Å². The normalized spacial score (nSPS) is 23.9. The number of aliphatic carboxylic acids is 1. The predicted molar refractivity (Wildman–Crippen MR) is 193 cm³/mol. The number of carboxylic acid groups (broad SMARTS) is 1. The van der Waals surface area contributed by atoms with E-state index in [1.54, 1.807) is 24.3 Å². The van der Waals surface area contributed by atoms with Crippen molar-refractivity contribution in [3.05, 3.63) is 83.6 Å². The van der Waals surface area contributed by atoms with Crippen LogP contribution in [0.25, 0.3) is 10.9 Å². The van der Waals surface area contributed by atoms with E-state index in [1.807, 2.05) is 35.9 Å². The van der Waals surface area contributed by atoms with E-state index < -0.39 is 73.2 Å². The highest BCUT2D eigenvalue weighted by Gasteiger charge is 2.46. The summed E-state index contributed by atoms with van der Waals surface area (Å²) in [7, 11) is -4.38. The molecule has 2 aromatic carbocycles. The predicted octanol–water partition coefficient (Wildman–Crippen LogP) is 2.98. The highest BCUT2D eigenvalue weighted by molar-refractivity contribution is 7.50. The summed E-state index contributed by atoms with van der Waals surface area (Å²) < 4.78 is 13.7. The van der Waals surface area contributed by atoms with Crippen LogP contribution < -0.4 is 21.7 Å². The largest absolute Gasteiger partial charge is 0.481 e. The summed E-state index contributed by atoms with van der Waals surface area (Å²) in [6, 6.07) is 12.8. The van der Waals surface area contributed by atoms with Crippen LogP contribution in [0.15, 0.2) is 66.9 Å². The van der Waals surface area contributed by atoms with Crippen LogP contribution in [0.5, 0.6) is 0 Å². The first-order valence-electron chi connectivity index (χ1n) is 17.4. The number of carbonyl (C=O) groups is 5. The number of hydrogen-bond donors (Lipinski definition) is 7. The molecule has 2 heterocycles. The monoisotopic (exact) mass is 735 g/mol. The SMILES string of the molecule is Cc1ccc2c(ccn2C[C@@H]2C/C=C/[C@H](c3ccc(CP(=O)(O)O)cc3)[C@H](C(=O)O)C(=O)NC3(CCCCC3)C(=O)N[C@@H](CC(N)=O)C(=O)NC2)c1. The molecule has 278 valence electrons. The van der Waals surface area contributed by atoms with Crippen LogP contribution in [0.2, 0.25) is 0 Å². The third-order valence-electron chi connectivity index (χ3n) is 9.95. The van der Waals surface area contributed by atoms with Gasteiger partial charge >= 0.3 is 13.6 Å². The van der Waals surface area contributed by atoms with Gasteiger partial charge < -0.3 is 41.1 Å². The van der Waals surface area contributed by atoms with Gasteiger partial charge in [0.2, 0.25) is 23.6 Å². The van der Waals surface area contributed by atoms with Gasteiger partial charge in [-0.2, -0.15) is 0 Å². The fourth-order valence-electron chi connectivity index (χ4n) is 7.28. The van der Waals surface area contributed by atoms with Gasteiger partial charge in [0.25, 0.3) is 0 Å². The average molecular weight is 736 g/mol. The highest BCUT2D eigenvalue weighted by Crippen LogP contribution is 2.40. The standard InChI is InChI=1S/C37H46N5O9P/c1-23-8-13-30-27(18-23)14-17-42(30)21-25-6-5-7-28(26-11-9-24(10-12-26)22-52(49,50)51)32(35(46)47)34(45)41-37(15-3-2-4-16-37)36(48)40-29(19-31(38)43)33(44)39-20-25/h5,7-14,17-18,25,28-29,32H,2-4,6,15-16,19-22H2,1H3,(H2,38,43)(H,39,44)(H,40,48)(H,41,45)(H,46,47)(H2,49,50,51)/b7-5+/t25-,28-,29+,32+/m1/s1. The number of aryl methyl sites for hydroxylation is 1. The van der Waals surface area contributed by atoms with Crippen molar-refractivity contribution in [1.29, 1.82) is 0 Å². The zero-order chi connectivity index (χ0) is 37.6. The summed E-state index contributed by atoms with van der Waals surface area (Å²) >= 11 is 0. The topological polar surface area (TPSA) is 230 Å². The second kappa shape index (κ2) is 16.3. The Hall–Kier alpha value is -4.78. The van der Waals surface area contributed by atoms with E-state index in [4.69, 9.17) is 5.73 Å². The van der Waals surface area contributed by atoms with Crippen molar-refractivity contribution >= 4 is 48.1 Å². The molecule has 0 unspecified atom stereocenters. The minimum Gasteiger partial charge on any atom is -0.481 e. The molecule has 0 saturated heterocycles. The molecule has 1 aromatic heterocycles. The van der Waals surface area contributed by atoms with Gasteiger partial charge in [-0.3, -0.25) is 28.5 Å². The van der Waals surface area contributed by atoms with E-state index in [-0.39, 0.29) is 25.3 Å². The molecule has 1 spiro atoms. The molecule has 8 N–H and O–H groups in total. The van der Waals surface area contributed by atoms with Crippen LogP contribution in [0.1, 0.15) is 67.6 Å². The molecular formula is C37H46N5O9P. The lowest BCUT2D eigenvalue weighted by Gasteiger charge is -2.38. The number of carboxylic acids is 1. The molecule has 5 rings (SSSR count). The van der Waals surface area contributed by atoms with Crippen LogP contribution in [0.4, 0.5) is 0 Å². The lowest BCUT2D eigenvalue weighted by Crippen LogP contribution is -2.64. The van der Waals surface area contributed by atoms with Gasteiger partial charge in [0, 0.05) is 30.7 Å². The number of allylic oxidation sites excluding steroid dienone is 2. The van der Waals surface area contributed by atoms with E-state index in [0.29, 0.717) is 36.9 Å². The molecule has 4 amide bonds. The van der Waals surface area contributed by atoms with Crippen LogP contribution >= 0.6 is 7.60 Å². The number of benzene rings is 2. The van der Waals surface area contributed by atoms with Gasteiger partial charge in [-0.25, -0.2) is 0 Å². The zero-order valence-electron chi connectivity index (χ0n) is 29.0. The first-order chi connectivity index (χ1) is 24.6. The maximum atomic E-state index is 14.1. The maximum absolute atomic E-state index is 14.1. The van der Waals surface area contributed by atoms with Crippen molar-refractivity contribution in [2.75, 3.05) is 6.54 Å². The fraction of sp³-hybridized carbons (Fsp3) is 0.432. The molecule has 52 heavy (non-hydrogen) atoms. The lowest BCUT2D eigenvalue weighted by atomic mass is 9.78. The van der Waals surface area contributed by atoms with Gasteiger partial charge in [-0.05, 0) is 66.8 Å². The van der Waals surface area contributed by atoms with Gasteiger partial charge in [-0.1, -0.05) is 67.3 Å². The molecule has 1 fully saturated rings. The number of rotatable bonds is 8. The number of carbonyl (C=O) groups excluding carboxylic acids is 4. The second-order valence-electron chi connectivity index (χ2n) is 14.0. The fourth-order valence-corrected chi connectivity index (χ4v) is 7.96. The first kappa shape index (κ1) is 38.5. The Morgan fingerprint density at radius 2 is 1.71 bits per heavy atom. The molecule has 15 heteroatoms. The Kier molecular flexibility index (Phi) is 12.0. The minimum absolute atomic E-state index is 0.131. The highest BCUT2D eigenvalue weighted by atomic mass is 31.2. The minimum atomic E-state index is -4.38. The van der Waals surface area contributed by atoms with Gasteiger partial charge in [0.15, 0.2) is 0 Å². The van der Waals surface area contributed by atoms with Crippen molar-refractivity contribution in [2.24, 2.45) is 17.6 Å². The molecule has 14 nitrogen and oxygen atoms in total. The molecule has 1 aliphatic heterocycles. The lowest BCUT2D eigenvalue weighted by molar-refractivity contribution is -0.150.